The second-order valence-electron chi connectivity index (χ2n) is 5.26. The van der Waals surface area contributed by atoms with Crippen LogP contribution in [0.4, 0.5) is 0 Å². The number of rotatable bonds is 5. The second-order valence-corrected chi connectivity index (χ2v) is 7.30. The molecule has 2 fully saturated rings. The number of nitrogens with zero attached hydrogens (tertiary/aromatic N) is 3. The lowest BCUT2D eigenvalue weighted by Crippen LogP contribution is -2.35. The van der Waals surface area contributed by atoms with Gasteiger partial charge in [0.05, 0.1) is 0 Å². The predicted octanol–water partition coefficient (Wildman–Crippen LogP) is 0.211. The van der Waals surface area contributed by atoms with E-state index in [-0.39, 0.29) is 0 Å². The van der Waals surface area contributed by atoms with Crippen molar-refractivity contribution in [2.24, 2.45) is 5.92 Å². The molecule has 0 spiro atoms. The lowest BCUT2D eigenvalue weighted by Gasteiger charge is -2.29. The van der Waals surface area contributed by atoms with E-state index in [1.165, 1.54) is 21.5 Å². The van der Waals surface area contributed by atoms with E-state index in [2.05, 4.69) is 11.9 Å². The van der Waals surface area contributed by atoms with Crippen LogP contribution in [0.25, 0.3) is 0 Å². The van der Waals surface area contributed by atoms with E-state index >= 15 is 0 Å². The first-order valence-corrected chi connectivity index (χ1v) is 7.80. The molecule has 2 rings (SSSR count). The Morgan fingerprint density at radius 3 is 2.29 bits per heavy atom. The van der Waals surface area contributed by atoms with Crippen molar-refractivity contribution < 1.29 is 8.42 Å². The van der Waals surface area contributed by atoms with E-state index < -0.39 is 10.2 Å². The molecule has 5 nitrogen and oxygen atoms in total. The van der Waals surface area contributed by atoms with Gasteiger partial charge < -0.3 is 4.90 Å². The van der Waals surface area contributed by atoms with Gasteiger partial charge >= 0.3 is 0 Å². The predicted molar refractivity (Wildman–Crippen MR) is 68.0 cm³/mol. The van der Waals surface area contributed by atoms with Crippen LogP contribution in [0.2, 0.25) is 0 Å². The molecule has 0 aromatic heterocycles. The summed E-state index contributed by atoms with van der Waals surface area (Å²) >= 11 is 0. The summed E-state index contributed by atoms with van der Waals surface area (Å²) in [6.45, 7) is 4.34. The Balaban J connectivity index is 1.74. The molecule has 0 radical (unpaired) electrons. The smallest absolute Gasteiger partial charge is 0.281 e. The van der Waals surface area contributed by atoms with Crippen molar-refractivity contribution in [3.63, 3.8) is 0 Å². The third-order valence-electron chi connectivity index (χ3n) is 3.82. The van der Waals surface area contributed by atoms with Gasteiger partial charge in [0, 0.05) is 26.7 Å². The first kappa shape index (κ1) is 13.3. The lowest BCUT2D eigenvalue weighted by molar-refractivity contribution is 0.206. The van der Waals surface area contributed by atoms with Crippen molar-refractivity contribution in [1.29, 1.82) is 0 Å². The molecule has 2 heterocycles. The highest BCUT2D eigenvalue weighted by Gasteiger charge is 2.35. The quantitative estimate of drug-likeness (QED) is 0.665. The van der Waals surface area contributed by atoms with Gasteiger partial charge in [-0.2, -0.15) is 17.0 Å². The molecule has 0 unspecified atom stereocenters. The van der Waals surface area contributed by atoms with Crippen LogP contribution in [0.3, 0.4) is 0 Å². The van der Waals surface area contributed by atoms with E-state index in [1.807, 2.05) is 0 Å². The van der Waals surface area contributed by atoms with E-state index in [0.717, 1.165) is 19.5 Å². The van der Waals surface area contributed by atoms with Crippen LogP contribution in [-0.2, 0) is 10.2 Å². The summed E-state index contributed by atoms with van der Waals surface area (Å²) in [6, 6.07) is 0. The van der Waals surface area contributed by atoms with Crippen LogP contribution >= 0.6 is 0 Å². The van der Waals surface area contributed by atoms with Gasteiger partial charge in [0.2, 0.25) is 0 Å². The molecule has 0 atom stereocenters. The van der Waals surface area contributed by atoms with Gasteiger partial charge in [-0.25, -0.2) is 0 Å². The Kier molecular flexibility index (Phi) is 4.07. The van der Waals surface area contributed by atoms with Crippen LogP contribution in [-0.4, -0.2) is 68.7 Å². The molecule has 0 N–H and O–H groups in total. The zero-order valence-electron chi connectivity index (χ0n) is 10.8. The molecule has 6 heteroatoms. The van der Waals surface area contributed by atoms with Crippen molar-refractivity contribution in [2.75, 3.05) is 46.8 Å². The first-order chi connectivity index (χ1) is 8.00. The van der Waals surface area contributed by atoms with E-state index in [1.54, 1.807) is 7.05 Å². The Labute approximate surface area is 105 Å². The number of piperidine rings is 1. The summed E-state index contributed by atoms with van der Waals surface area (Å²) in [6.07, 6.45) is 3.40. The molecule has 0 saturated carbocycles. The fourth-order valence-corrected chi connectivity index (χ4v) is 3.57. The summed E-state index contributed by atoms with van der Waals surface area (Å²) in [5, 5.41) is 0. The molecular weight excluding hydrogens is 238 g/mol. The summed E-state index contributed by atoms with van der Waals surface area (Å²) in [5.74, 6) is 0.693. The maximum Gasteiger partial charge on any atom is 0.281 e. The van der Waals surface area contributed by atoms with Gasteiger partial charge in [-0.05, 0) is 45.3 Å². The summed E-state index contributed by atoms with van der Waals surface area (Å²) in [5.41, 5.74) is 0. The van der Waals surface area contributed by atoms with Gasteiger partial charge in [0.15, 0.2) is 0 Å². The number of hydrogen-bond donors (Lipinski definition) is 0. The second kappa shape index (κ2) is 5.22. The van der Waals surface area contributed by atoms with Gasteiger partial charge in [-0.15, -0.1) is 0 Å². The van der Waals surface area contributed by atoms with Crippen molar-refractivity contribution in [3.05, 3.63) is 0 Å². The Morgan fingerprint density at radius 1 is 1.18 bits per heavy atom. The molecule has 0 aromatic rings. The normalized spacial score (nSPS) is 24.4. The van der Waals surface area contributed by atoms with E-state index in [4.69, 9.17) is 0 Å². The monoisotopic (exact) mass is 261 g/mol. The SMILES string of the molecule is CN1CCC(CCN(C)S(=O)(=O)N2CC2)CC1. The molecule has 0 bridgehead atoms. The lowest BCUT2D eigenvalue weighted by atomic mass is 9.94. The molecule has 0 aromatic carbocycles. The zero-order valence-corrected chi connectivity index (χ0v) is 11.6. The summed E-state index contributed by atoms with van der Waals surface area (Å²) in [7, 11) is 0.722. The van der Waals surface area contributed by atoms with Gasteiger partial charge in [-0.3, -0.25) is 0 Å². The Morgan fingerprint density at radius 2 is 1.76 bits per heavy atom. The first-order valence-electron chi connectivity index (χ1n) is 6.40. The van der Waals surface area contributed by atoms with Gasteiger partial charge in [0.1, 0.15) is 0 Å². The Hall–Kier alpha value is -0.170. The standard InChI is InChI=1S/C11H23N3O2S/c1-12-6-3-11(4-7-12)5-8-13(2)17(15,16)14-9-10-14/h11H,3-10H2,1-2H3. The molecule has 2 aliphatic heterocycles. The Bertz CT molecular complexity index is 346. The van der Waals surface area contributed by atoms with Crippen LogP contribution < -0.4 is 0 Å². The van der Waals surface area contributed by atoms with Crippen molar-refractivity contribution in [1.82, 2.24) is 13.5 Å². The van der Waals surface area contributed by atoms with Crippen molar-refractivity contribution in [2.45, 2.75) is 19.3 Å². The minimum absolute atomic E-state index is 0.660. The van der Waals surface area contributed by atoms with Gasteiger partial charge in [0.25, 0.3) is 10.2 Å². The topological polar surface area (TPSA) is 43.6 Å². The highest BCUT2D eigenvalue weighted by Crippen LogP contribution is 2.21. The zero-order chi connectivity index (χ0) is 12.5. The largest absolute Gasteiger partial charge is 0.306 e. The van der Waals surface area contributed by atoms with Crippen LogP contribution in [0.5, 0.6) is 0 Å². The van der Waals surface area contributed by atoms with E-state index in [9.17, 15) is 8.42 Å². The molecule has 0 amide bonds. The highest BCUT2D eigenvalue weighted by atomic mass is 32.2. The van der Waals surface area contributed by atoms with Crippen molar-refractivity contribution >= 4 is 10.2 Å². The molecule has 17 heavy (non-hydrogen) atoms. The molecule has 2 aliphatic rings. The van der Waals surface area contributed by atoms with E-state index in [0.29, 0.717) is 25.6 Å². The van der Waals surface area contributed by atoms with Crippen LogP contribution in [0.15, 0.2) is 0 Å². The summed E-state index contributed by atoms with van der Waals surface area (Å²) in [4.78, 5) is 2.34. The molecule has 100 valence electrons. The molecule has 2 saturated heterocycles. The minimum atomic E-state index is -3.12. The maximum absolute atomic E-state index is 11.9. The average molecular weight is 261 g/mol. The highest BCUT2D eigenvalue weighted by molar-refractivity contribution is 7.87. The summed E-state index contributed by atoms with van der Waals surface area (Å²) < 4.78 is 26.8. The number of likely N-dealkylation sites (tertiary alicyclic amines) is 1. The van der Waals surface area contributed by atoms with Crippen LogP contribution in [0.1, 0.15) is 19.3 Å². The maximum atomic E-state index is 11.9. The third-order valence-corrected chi connectivity index (χ3v) is 5.80. The van der Waals surface area contributed by atoms with Gasteiger partial charge in [-0.1, -0.05) is 0 Å². The fraction of sp³-hybridized carbons (Fsp3) is 1.00. The number of hydrogen-bond acceptors (Lipinski definition) is 3. The molecule has 0 aliphatic carbocycles. The third kappa shape index (κ3) is 3.40. The average Bonchev–Trinajstić information content (AvgIpc) is 3.11. The van der Waals surface area contributed by atoms with Crippen molar-refractivity contribution in [3.8, 4) is 0 Å². The molecular formula is C11H23N3O2S. The fourth-order valence-electron chi connectivity index (χ4n) is 2.30. The van der Waals surface area contributed by atoms with Crippen LogP contribution in [0, 0.1) is 5.92 Å². The minimum Gasteiger partial charge on any atom is -0.306 e.